The summed E-state index contributed by atoms with van der Waals surface area (Å²) in [6.45, 7) is 4.85. The molecule has 5 aliphatic heterocycles. The molecule has 322 valence electrons. The van der Waals surface area contributed by atoms with Gasteiger partial charge in [0.2, 0.25) is 17.7 Å². The van der Waals surface area contributed by atoms with Crippen LogP contribution in [0.15, 0.2) is 60.9 Å². The van der Waals surface area contributed by atoms with Crippen molar-refractivity contribution in [3.05, 3.63) is 88.7 Å². The number of hydrogen-bond donors (Lipinski definition) is 3. The summed E-state index contributed by atoms with van der Waals surface area (Å²) < 4.78 is 35.1. The van der Waals surface area contributed by atoms with Crippen LogP contribution in [0.2, 0.25) is 5.02 Å². The molecule has 15 nitrogen and oxygen atoms in total. The minimum atomic E-state index is -1.11. The standard InChI is InChI=1S/C44H44ClF2N9O6/c1-62-38-19-34-30(41(49-23-48-34)50-25-4-7-32(46)31(45)15-25)17-35(38)51-39(57)3-2-12-53-13-10-24(11-14-53)20-54-21-26-5-6-27(22-54)55(26)37-18-29-28(16-33(37)47)43(60)56(44(29)61)36-8-9-40(58)52-42(36)59/h2-4,7,15-19,23-24,26-27,36H,5-6,8-14,20-22H2,1H3,(H,51,57)(H,48,49,50)(H,52,58,59)/b3-2+. The highest BCUT2D eigenvalue weighted by atomic mass is 35.5. The number of fused-ring (bicyclic) bond motifs is 4. The third-order valence-electron chi connectivity index (χ3n) is 12.6. The summed E-state index contributed by atoms with van der Waals surface area (Å²) in [5.74, 6) is -2.59. The molecule has 4 fully saturated rings. The number of ether oxygens (including phenoxy) is 1. The van der Waals surface area contributed by atoms with Crippen LogP contribution in [0.1, 0.15) is 59.2 Å². The molecule has 4 saturated heterocycles. The number of likely N-dealkylation sites (tertiary alicyclic amines) is 2. The predicted molar refractivity (Wildman–Crippen MR) is 227 cm³/mol. The highest BCUT2D eigenvalue weighted by molar-refractivity contribution is 6.31. The maximum atomic E-state index is 15.8. The monoisotopic (exact) mass is 867 g/mol. The first-order valence-corrected chi connectivity index (χ1v) is 21.1. The Morgan fingerprint density at radius 3 is 2.37 bits per heavy atom. The summed E-state index contributed by atoms with van der Waals surface area (Å²) in [6.07, 6.45) is 8.59. The predicted octanol–water partition coefficient (Wildman–Crippen LogP) is 5.27. The lowest BCUT2D eigenvalue weighted by molar-refractivity contribution is -0.136. The number of halogens is 3. The van der Waals surface area contributed by atoms with E-state index >= 15 is 4.39 Å². The van der Waals surface area contributed by atoms with Crippen molar-refractivity contribution in [2.45, 2.75) is 56.7 Å². The van der Waals surface area contributed by atoms with Gasteiger partial charge in [-0.05, 0) is 87.5 Å². The quantitative estimate of drug-likeness (QED) is 0.132. The number of piperidine rings is 2. The summed E-state index contributed by atoms with van der Waals surface area (Å²) in [5.41, 5.74) is 1.87. The number of nitrogens with one attached hydrogen (secondary N) is 3. The molecule has 3 N–H and O–H groups in total. The van der Waals surface area contributed by atoms with Crippen LogP contribution in [0.3, 0.4) is 0 Å². The Labute approximate surface area is 360 Å². The van der Waals surface area contributed by atoms with E-state index in [9.17, 15) is 28.4 Å². The lowest BCUT2D eigenvalue weighted by atomic mass is 9.95. The lowest BCUT2D eigenvalue weighted by Gasteiger charge is -2.44. The number of methoxy groups -OCH3 is 1. The van der Waals surface area contributed by atoms with Crippen LogP contribution in [0, 0.1) is 17.6 Å². The van der Waals surface area contributed by atoms with Gasteiger partial charge in [-0.3, -0.25) is 44.0 Å². The summed E-state index contributed by atoms with van der Waals surface area (Å²) in [7, 11) is 1.51. The molecule has 4 aromatic rings. The van der Waals surface area contributed by atoms with Gasteiger partial charge in [-0.25, -0.2) is 18.7 Å². The molecular formula is C44H44ClF2N9O6. The van der Waals surface area contributed by atoms with Gasteiger partial charge in [-0.2, -0.15) is 0 Å². The van der Waals surface area contributed by atoms with Crippen molar-refractivity contribution in [3.8, 4) is 5.75 Å². The molecule has 0 radical (unpaired) electrons. The van der Waals surface area contributed by atoms with Crippen LogP contribution < -0.4 is 25.6 Å². The fourth-order valence-corrected chi connectivity index (χ4v) is 9.75. The van der Waals surface area contributed by atoms with Crippen molar-refractivity contribution in [1.82, 2.24) is 30.0 Å². The molecule has 18 heteroatoms. The van der Waals surface area contributed by atoms with Gasteiger partial charge < -0.3 is 20.3 Å². The van der Waals surface area contributed by atoms with E-state index in [2.05, 4.69) is 40.6 Å². The summed E-state index contributed by atoms with van der Waals surface area (Å²) in [6, 6.07) is 9.29. The molecule has 9 rings (SSSR count). The molecule has 0 spiro atoms. The van der Waals surface area contributed by atoms with Crippen LogP contribution in [-0.2, 0) is 14.4 Å². The topological polar surface area (TPSA) is 169 Å². The van der Waals surface area contributed by atoms with Crippen LogP contribution in [-0.4, -0.2) is 119 Å². The third kappa shape index (κ3) is 8.07. The van der Waals surface area contributed by atoms with E-state index in [0.29, 0.717) is 52.0 Å². The Kier molecular flexibility index (Phi) is 11.3. The van der Waals surface area contributed by atoms with Gasteiger partial charge in [-0.15, -0.1) is 0 Å². The summed E-state index contributed by atoms with van der Waals surface area (Å²) in [4.78, 5) is 80.4. The fourth-order valence-electron chi connectivity index (χ4n) is 9.57. The SMILES string of the molecule is COc1cc2ncnc(Nc3ccc(F)c(Cl)c3)c2cc1NC(=O)/C=C/CN1CCC(CN2CC3CCC(C2)N3c2cc3c(cc2F)C(=O)N(C2CCC(=O)NC2=O)C3=O)CC1. The Hall–Kier alpha value is -6.04. The first kappa shape index (κ1) is 41.3. The maximum Gasteiger partial charge on any atom is 0.262 e. The number of anilines is 4. The zero-order valence-electron chi connectivity index (χ0n) is 33.8. The van der Waals surface area contributed by atoms with Crippen LogP contribution in [0.5, 0.6) is 5.75 Å². The normalized spacial score (nSPS) is 22.2. The smallest absolute Gasteiger partial charge is 0.262 e. The third-order valence-corrected chi connectivity index (χ3v) is 12.9. The van der Waals surface area contributed by atoms with E-state index in [0.717, 1.165) is 69.4 Å². The number of piperazine rings is 1. The van der Waals surface area contributed by atoms with Crippen LogP contribution in [0.4, 0.5) is 31.7 Å². The minimum absolute atomic E-state index is 0.0108. The molecule has 5 aliphatic rings. The van der Waals surface area contributed by atoms with Gasteiger partial charge in [0.15, 0.2) is 0 Å². The molecule has 62 heavy (non-hydrogen) atoms. The number of aromatic nitrogens is 2. The van der Waals surface area contributed by atoms with Crippen LogP contribution >= 0.6 is 11.6 Å². The molecule has 3 unspecified atom stereocenters. The van der Waals surface area contributed by atoms with E-state index in [1.807, 2.05) is 6.08 Å². The fraction of sp³-hybridized carbons (Fsp3) is 0.386. The average molecular weight is 868 g/mol. The summed E-state index contributed by atoms with van der Waals surface area (Å²) in [5, 5.41) is 8.81. The molecule has 5 amide bonds. The second-order valence-corrected chi connectivity index (χ2v) is 16.9. The first-order chi connectivity index (χ1) is 29.9. The van der Waals surface area contributed by atoms with Crippen LogP contribution in [0.25, 0.3) is 10.9 Å². The number of amides is 5. The molecule has 6 heterocycles. The Bertz CT molecular complexity index is 2520. The Morgan fingerprint density at radius 2 is 1.66 bits per heavy atom. The molecule has 1 aromatic heterocycles. The Morgan fingerprint density at radius 1 is 0.919 bits per heavy atom. The van der Waals surface area contributed by atoms with Gasteiger partial charge in [0.25, 0.3) is 11.8 Å². The van der Waals surface area contributed by atoms with E-state index in [-0.39, 0.29) is 47.0 Å². The van der Waals surface area contributed by atoms with Crippen molar-refractivity contribution >= 4 is 74.9 Å². The van der Waals surface area contributed by atoms with Gasteiger partial charge in [0.1, 0.15) is 35.6 Å². The second-order valence-electron chi connectivity index (χ2n) is 16.5. The molecule has 0 aliphatic carbocycles. The zero-order chi connectivity index (χ0) is 43.2. The van der Waals surface area contributed by atoms with Gasteiger partial charge in [-0.1, -0.05) is 17.7 Å². The molecule has 3 atom stereocenters. The summed E-state index contributed by atoms with van der Waals surface area (Å²) >= 11 is 5.97. The Balaban J connectivity index is 0.766. The van der Waals surface area contributed by atoms with E-state index in [4.69, 9.17) is 16.3 Å². The number of carbonyl (C=O) groups is 5. The second kappa shape index (κ2) is 17.0. The largest absolute Gasteiger partial charge is 0.494 e. The van der Waals surface area contributed by atoms with Gasteiger partial charge in [0.05, 0.1) is 40.2 Å². The zero-order valence-corrected chi connectivity index (χ0v) is 34.6. The number of hydrogen-bond acceptors (Lipinski definition) is 12. The number of rotatable bonds is 11. The molecule has 2 bridgehead atoms. The molecular weight excluding hydrogens is 824 g/mol. The van der Waals surface area contributed by atoms with Crippen molar-refractivity contribution in [2.75, 3.05) is 61.9 Å². The maximum absolute atomic E-state index is 15.8. The number of benzene rings is 3. The van der Waals surface area contributed by atoms with E-state index in [1.165, 1.54) is 37.7 Å². The highest BCUT2D eigenvalue weighted by Gasteiger charge is 2.47. The average Bonchev–Trinajstić information content (AvgIpc) is 3.65. The van der Waals surface area contributed by atoms with Gasteiger partial charge in [0, 0.05) is 67.9 Å². The van der Waals surface area contributed by atoms with Crippen molar-refractivity contribution in [3.63, 3.8) is 0 Å². The number of nitrogens with zero attached hydrogens (tertiary/aromatic N) is 6. The highest BCUT2D eigenvalue weighted by Crippen LogP contribution is 2.40. The number of carbonyl (C=O) groups excluding carboxylic acids is 5. The number of imide groups is 2. The van der Waals surface area contributed by atoms with E-state index in [1.54, 1.807) is 18.2 Å². The van der Waals surface area contributed by atoms with E-state index < -0.39 is 41.3 Å². The lowest BCUT2D eigenvalue weighted by Crippen LogP contribution is -2.55. The van der Waals surface area contributed by atoms with Gasteiger partial charge >= 0.3 is 0 Å². The first-order valence-electron chi connectivity index (χ1n) is 20.7. The van der Waals surface area contributed by atoms with Crippen molar-refractivity contribution < 1.29 is 37.5 Å². The molecule has 3 aromatic carbocycles. The molecule has 0 saturated carbocycles. The van der Waals surface area contributed by atoms with Crippen molar-refractivity contribution in [1.29, 1.82) is 0 Å². The minimum Gasteiger partial charge on any atom is -0.494 e. The van der Waals surface area contributed by atoms with Crippen molar-refractivity contribution in [2.24, 2.45) is 5.92 Å².